The molecule has 3 aliphatic rings. The van der Waals surface area contributed by atoms with Gasteiger partial charge in [0.15, 0.2) is 6.61 Å². The highest BCUT2D eigenvalue weighted by molar-refractivity contribution is 5.78. The quantitative estimate of drug-likeness (QED) is 0.741. The Labute approximate surface area is 159 Å². The summed E-state index contributed by atoms with van der Waals surface area (Å²) in [5, 5.41) is 5.54. The fourth-order valence-corrected chi connectivity index (χ4v) is 4.08. The predicted octanol–water partition coefficient (Wildman–Crippen LogP) is 2.52. The zero-order chi connectivity index (χ0) is 20.6. The summed E-state index contributed by atoms with van der Waals surface area (Å²) in [6, 6.07) is 1.83. The van der Waals surface area contributed by atoms with Gasteiger partial charge in [0.2, 0.25) is 5.91 Å². The number of hydrogen-bond acceptors (Lipinski definition) is 4. The molecule has 3 saturated carbocycles. The van der Waals surface area contributed by atoms with Crippen molar-refractivity contribution < 1.29 is 31.9 Å². The Balaban J connectivity index is 1.55. The van der Waals surface area contributed by atoms with Gasteiger partial charge in [-0.1, -0.05) is 0 Å². The van der Waals surface area contributed by atoms with Crippen LogP contribution in [0.15, 0.2) is 18.3 Å². The van der Waals surface area contributed by atoms with Crippen molar-refractivity contribution in [3.05, 3.63) is 24.0 Å². The average Bonchev–Trinajstić information content (AvgIpc) is 2.60. The van der Waals surface area contributed by atoms with Gasteiger partial charge in [0.1, 0.15) is 17.6 Å². The van der Waals surface area contributed by atoms with Gasteiger partial charge >= 0.3 is 6.18 Å². The Morgan fingerprint density at radius 2 is 1.89 bits per heavy atom. The van der Waals surface area contributed by atoms with Crippen LogP contribution in [0, 0.1) is 0 Å². The third-order valence-corrected chi connectivity index (χ3v) is 5.50. The van der Waals surface area contributed by atoms with Gasteiger partial charge in [0.05, 0.1) is 11.7 Å². The highest BCUT2D eigenvalue weighted by Crippen LogP contribution is 2.48. The van der Waals surface area contributed by atoms with E-state index < -0.39 is 41.6 Å². The molecule has 3 aliphatic carbocycles. The molecule has 28 heavy (non-hydrogen) atoms. The number of nitrogens with zero attached hydrogens (tertiary/aromatic N) is 1. The lowest BCUT2D eigenvalue weighted by atomic mass is 9.60. The van der Waals surface area contributed by atoms with Crippen molar-refractivity contribution >= 4 is 11.8 Å². The van der Waals surface area contributed by atoms with E-state index >= 15 is 0 Å². The Bertz CT molecular complexity index is 743. The molecule has 2 N–H and O–H groups in total. The van der Waals surface area contributed by atoms with E-state index in [1.54, 1.807) is 0 Å². The van der Waals surface area contributed by atoms with Crippen LogP contribution in [0.4, 0.5) is 17.6 Å². The summed E-state index contributed by atoms with van der Waals surface area (Å²) in [5.74, 6) is -0.755. The third-order valence-electron chi connectivity index (χ3n) is 5.50. The van der Waals surface area contributed by atoms with Crippen LogP contribution in [0.3, 0.4) is 0 Å². The van der Waals surface area contributed by atoms with Crippen LogP contribution in [0.25, 0.3) is 0 Å². The summed E-state index contributed by atoms with van der Waals surface area (Å²) in [5.41, 5.74) is -2.62. The second-order valence-corrected chi connectivity index (χ2v) is 7.50. The summed E-state index contributed by atoms with van der Waals surface area (Å²) < 4.78 is 57.4. The van der Waals surface area contributed by atoms with E-state index in [0.717, 1.165) is 18.3 Å². The van der Waals surface area contributed by atoms with E-state index in [1.165, 1.54) is 6.92 Å². The minimum atomic E-state index is -4.56. The molecule has 6 nitrogen and oxygen atoms in total. The number of halogens is 4. The summed E-state index contributed by atoms with van der Waals surface area (Å²) in [7, 11) is 0. The fraction of sp³-hybridized carbons (Fsp3) is 0.611. The molecule has 0 aliphatic heterocycles. The zero-order valence-electron chi connectivity index (χ0n) is 15.2. The number of carbonyl (C=O) groups excluding carboxylic acids is 2. The molecule has 3 fully saturated rings. The van der Waals surface area contributed by atoms with Crippen LogP contribution in [0.2, 0.25) is 0 Å². The molecule has 0 spiro atoms. The maximum atomic E-state index is 14.8. The van der Waals surface area contributed by atoms with Crippen LogP contribution >= 0.6 is 0 Å². The molecular formula is C18H21F4N3O3. The van der Waals surface area contributed by atoms with Crippen molar-refractivity contribution in [3.8, 4) is 5.75 Å². The molecule has 0 saturated heterocycles. The van der Waals surface area contributed by atoms with E-state index in [-0.39, 0.29) is 18.1 Å². The smallest absolute Gasteiger partial charge is 0.433 e. The van der Waals surface area contributed by atoms with Crippen molar-refractivity contribution in [2.45, 2.75) is 62.5 Å². The lowest BCUT2D eigenvalue weighted by Crippen LogP contribution is -2.69. The van der Waals surface area contributed by atoms with Crippen molar-refractivity contribution in [1.82, 2.24) is 15.6 Å². The third kappa shape index (κ3) is 4.20. The molecule has 0 unspecified atom stereocenters. The summed E-state index contributed by atoms with van der Waals surface area (Å²) in [4.78, 5) is 26.8. The number of hydrogen-bond donors (Lipinski definition) is 2. The van der Waals surface area contributed by atoms with Gasteiger partial charge in [-0.25, -0.2) is 9.37 Å². The highest BCUT2D eigenvalue weighted by Gasteiger charge is 2.56. The lowest BCUT2D eigenvalue weighted by Gasteiger charge is -2.55. The Hall–Kier alpha value is -2.39. The van der Waals surface area contributed by atoms with Gasteiger partial charge in [0.25, 0.3) is 5.91 Å². The number of fused-ring (bicyclic) bond motifs is 3. The largest absolute Gasteiger partial charge is 0.482 e. The number of rotatable bonds is 5. The monoisotopic (exact) mass is 403 g/mol. The van der Waals surface area contributed by atoms with Crippen molar-refractivity contribution in [3.63, 3.8) is 0 Å². The number of amides is 2. The van der Waals surface area contributed by atoms with Crippen molar-refractivity contribution in [2.75, 3.05) is 6.61 Å². The van der Waals surface area contributed by atoms with Crippen LogP contribution in [0.1, 0.15) is 44.7 Å². The van der Waals surface area contributed by atoms with E-state index in [2.05, 4.69) is 15.6 Å². The maximum absolute atomic E-state index is 14.8. The van der Waals surface area contributed by atoms with Gasteiger partial charge in [-0.3, -0.25) is 9.59 Å². The number of ether oxygens (including phenoxy) is 1. The van der Waals surface area contributed by atoms with Crippen LogP contribution in [0.5, 0.6) is 5.75 Å². The van der Waals surface area contributed by atoms with E-state index in [0.29, 0.717) is 25.7 Å². The van der Waals surface area contributed by atoms with Crippen LogP contribution in [-0.2, 0) is 15.8 Å². The highest BCUT2D eigenvalue weighted by atomic mass is 19.4. The number of pyridine rings is 1. The summed E-state index contributed by atoms with van der Waals surface area (Å²) in [6.45, 7) is 0.937. The predicted molar refractivity (Wildman–Crippen MR) is 90.1 cm³/mol. The van der Waals surface area contributed by atoms with E-state index in [9.17, 15) is 27.2 Å². The molecule has 2 bridgehead atoms. The summed E-state index contributed by atoms with van der Waals surface area (Å²) >= 11 is 0. The molecule has 4 rings (SSSR count). The molecule has 0 radical (unpaired) electrons. The molecule has 1 heterocycles. The first-order chi connectivity index (χ1) is 13.0. The number of carbonyl (C=O) groups is 2. The van der Waals surface area contributed by atoms with Gasteiger partial charge in [0, 0.05) is 18.9 Å². The van der Waals surface area contributed by atoms with E-state index in [4.69, 9.17) is 4.74 Å². The number of alkyl halides is 4. The summed E-state index contributed by atoms with van der Waals surface area (Å²) in [6.07, 6.45) is -2.93. The van der Waals surface area contributed by atoms with Gasteiger partial charge < -0.3 is 15.4 Å². The second-order valence-electron chi connectivity index (χ2n) is 7.50. The Kier molecular flexibility index (Phi) is 5.24. The molecule has 154 valence electrons. The zero-order valence-corrected chi connectivity index (χ0v) is 15.2. The Morgan fingerprint density at radius 1 is 1.21 bits per heavy atom. The first-order valence-electron chi connectivity index (χ1n) is 8.94. The van der Waals surface area contributed by atoms with Gasteiger partial charge in [-0.15, -0.1) is 0 Å². The lowest BCUT2D eigenvalue weighted by molar-refractivity contribution is -0.141. The fourth-order valence-electron chi connectivity index (χ4n) is 4.08. The number of nitrogens with one attached hydrogen (secondary N) is 2. The van der Waals surface area contributed by atoms with Gasteiger partial charge in [-0.05, 0) is 37.8 Å². The standard InChI is InChI=1S/C18H21F4N3O3/c1-11(26)24-16-4-6-17(7-5-16,13(19)8-16)25-15(27)10-28-12-2-3-14(23-9-12)18(20,21)22/h2-3,9,13H,4-8,10H2,1H3,(H,24,26)(H,25,27)/t13-,16?,17?/m0/s1. The minimum Gasteiger partial charge on any atom is -0.482 e. The topological polar surface area (TPSA) is 80.3 Å². The molecule has 2 amide bonds. The average molecular weight is 403 g/mol. The van der Waals surface area contributed by atoms with Gasteiger partial charge in [-0.2, -0.15) is 13.2 Å². The minimum absolute atomic E-state index is 0.00871. The Morgan fingerprint density at radius 3 is 2.39 bits per heavy atom. The number of aromatic nitrogens is 1. The van der Waals surface area contributed by atoms with Crippen LogP contribution in [-0.4, -0.2) is 40.7 Å². The van der Waals surface area contributed by atoms with E-state index in [1.807, 2.05) is 0 Å². The molecule has 0 aromatic carbocycles. The van der Waals surface area contributed by atoms with Crippen LogP contribution < -0.4 is 15.4 Å². The molecule has 1 atom stereocenters. The normalized spacial score (nSPS) is 29.2. The van der Waals surface area contributed by atoms with Crippen molar-refractivity contribution in [2.24, 2.45) is 0 Å². The maximum Gasteiger partial charge on any atom is 0.433 e. The molecule has 10 heteroatoms. The first-order valence-corrected chi connectivity index (χ1v) is 8.94. The first kappa shape index (κ1) is 20.3. The second kappa shape index (κ2) is 7.21. The molecule has 1 aromatic rings. The molecular weight excluding hydrogens is 382 g/mol. The van der Waals surface area contributed by atoms with Crippen molar-refractivity contribution in [1.29, 1.82) is 0 Å². The SMILES string of the molecule is CC(=O)NC12CCC(NC(=O)COc3ccc(C(F)(F)F)nc3)(CC1)[C@@H](F)C2. The molecule has 1 aromatic heterocycles.